The summed E-state index contributed by atoms with van der Waals surface area (Å²) in [7, 11) is 0. The third-order valence-electron chi connectivity index (χ3n) is 3.93. The third kappa shape index (κ3) is 4.26. The van der Waals surface area contributed by atoms with E-state index in [0.717, 1.165) is 27.8 Å². The number of nitro groups is 1. The molecule has 1 fully saturated rings. The molecule has 0 spiro atoms. The summed E-state index contributed by atoms with van der Waals surface area (Å²) in [6.45, 7) is 1.41. The van der Waals surface area contributed by atoms with E-state index in [1.807, 2.05) is 31.2 Å². The molecule has 3 rings (SSSR count). The number of thioether (sulfide) groups is 1. The summed E-state index contributed by atoms with van der Waals surface area (Å²) in [5, 5.41) is 12.8. The van der Waals surface area contributed by atoms with E-state index in [9.17, 15) is 24.5 Å². The fourth-order valence-corrected chi connectivity index (χ4v) is 3.36. The number of anilines is 1. The number of aryl methyl sites for hydroxylation is 1. The number of para-hydroxylation sites is 2. The molecule has 1 N–H and O–H groups in total. The van der Waals surface area contributed by atoms with Gasteiger partial charge in [0.15, 0.2) is 0 Å². The average molecular weight is 397 g/mol. The number of nitrogens with zero attached hydrogens (tertiary/aromatic N) is 2. The van der Waals surface area contributed by atoms with Gasteiger partial charge in [-0.1, -0.05) is 42.0 Å². The first-order chi connectivity index (χ1) is 13.3. The molecule has 28 heavy (non-hydrogen) atoms. The smallest absolute Gasteiger partial charge is 0.294 e. The van der Waals surface area contributed by atoms with Crippen LogP contribution >= 0.6 is 11.8 Å². The number of benzene rings is 2. The van der Waals surface area contributed by atoms with E-state index < -0.39 is 28.5 Å². The Morgan fingerprint density at radius 3 is 2.54 bits per heavy atom. The molecule has 2 aromatic rings. The van der Waals surface area contributed by atoms with E-state index in [1.54, 1.807) is 6.08 Å². The van der Waals surface area contributed by atoms with Crippen molar-refractivity contribution in [3.05, 3.63) is 74.7 Å². The second-order valence-corrected chi connectivity index (χ2v) is 6.99. The van der Waals surface area contributed by atoms with Crippen LogP contribution in [-0.4, -0.2) is 33.4 Å². The SMILES string of the molecule is Cc1ccc(/C=C2\SC(=O)N(CC(=O)Nc3ccccc3[N+](=O)[O-])C2=O)cc1. The predicted molar refractivity (Wildman–Crippen MR) is 106 cm³/mol. The Morgan fingerprint density at radius 1 is 1.18 bits per heavy atom. The predicted octanol–water partition coefficient (Wildman–Crippen LogP) is 3.58. The minimum Gasteiger partial charge on any atom is -0.319 e. The summed E-state index contributed by atoms with van der Waals surface area (Å²) >= 11 is 0.747. The van der Waals surface area contributed by atoms with Gasteiger partial charge in [-0.05, 0) is 36.4 Å². The Balaban J connectivity index is 1.71. The zero-order valence-corrected chi connectivity index (χ0v) is 15.6. The molecule has 1 aliphatic heterocycles. The highest BCUT2D eigenvalue weighted by Crippen LogP contribution is 2.32. The summed E-state index contributed by atoms with van der Waals surface area (Å²) in [4.78, 5) is 48.3. The summed E-state index contributed by atoms with van der Waals surface area (Å²) in [5.41, 5.74) is 1.56. The number of carbonyl (C=O) groups excluding carboxylic acids is 3. The molecule has 3 amide bonds. The van der Waals surface area contributed by atoms with E-state index in [2.05, 4.69) is 5.32 Å². The number of hydrogen-bond donors (Lipinski definition) is 1. The molecular weight excluding hydrogens is 382 g/mol. The lowest BCUT2D eigenvalue weighted by molar-refractivity contribution is -0.383. The van der Waals surface area contributed by atoms with Crippen LogP contribution in [0.2, 0.25) is 0 Å². The van der Waals surface area contributed by atoms with Crippen molar-refractivity contribution in [2.24, 2.45) is 0 Å². The summed E-state index contributed by atoms with van der Waals surface area (Å²) < 4.78 is 0. The monoisotopic (exact) mass is 397 g/mol. The van der Waals surface area contributed by atoms with Gasteiger partial charge >= 0.3 is 0 Å². The molecule has 0 bridgehead atoms. The number of amides is 3. The third-order valence-corrected chi connectivity index (χ3v) is 4.83. The van der Waals surface area contributed by atoms with Gasteiger partial charge < -0.3 is 5.32 Å². The standard InChI is InChI=1S/C19H15N3O5S/c1-12-6-8-13(9-7-12)10-16-18(24)21(19(25)28-16)11-17(23)20-14-4-2-3-5-15(14)22(26)27/h2-10H,11H2,1H3,(H,20,23)/b16-10-. The molecule has 0 atom stereocenters. The van der Waals surface area contributed by atoms with Crippen LogP contribution in [0.1, 0.15) is 11.1 Å². The number of carbonyl (C=O) groups is 3. The van der Waals surface area contributed by atoms with Gasteiger partial charge in [0.1, 0.15) is 12.2 Å². The zero-order valence-electron chi connectivity index (χ0n) is 14.7. The maximum atomic E-state index is 12.5. The first kappa shape index (κ1) is 19.3. The Labute approximate surface area is 164 Å². The van der Waals surface area contributed by atoms with Crippen LogP contribution in [0.15, 0.2) is 53.4 Å². The topological polar surface area (TPSA) is 110 Å². The molecule has 2 aromatic carbocycles. The van der Waals surface area contributed by atoms with Gasteiger partial charge in [-0.3, -0.25) is 29.4 Å². The number of imide groups is 1. The molecular formula is C19H15N3O5S. The van der Waals surface area contributed by atoms with E-state index in [-0.39, 0.29) is 16.3 Å². The van der Waals surface area contributed by atoms with Crippen LogP contribution in [0.5, 0.6) is 0 Å². The largest absolute Gasteiger partial charge is 0.319 e. The Bertz CT molecular complexity index is 1000. The highest BCUT2D eigenvalue weighted by molar-refractivity contribution is 8.18. The number of nitrogens with one attached hydrogen (secondary N) is 1. The van der Waals surface area contributed by atoms with Crippen molar-refractivity contribution in [1.29, 1.82) is 0 Å². The molecule has 0 radical (unpaired) electrons. The molecule has 1 saturated heterocycles. The summed E-state index contributed by atoms with van der Waals surface area (Å²) in [6.07, 6.45) is 1.59. The van der Waals surface area contributed by atoms with Gasteiger partial charge in [0, 0.05) is 6.07 Å². The lowest BCUT2D eigenvalue weighted by atomic mass is 10.1. The second kappa shape index (κ2) is 8.05. The van der Waals surface area contributed by atoms with Crippen LogP contribution < -0.4 is 5.32 Å². The quantitative estimate of drug-likeness (QED) is 0.469. The van der Waals surface area contributed by atoms with Crippen LogP contribution in [0.25, 0.3) is 6.08 Å². The van der Waals surface area contributed by atoms with Crippen molar-refractivity contribution in [1.82, 2.24) is 4.90 Å². The first-order valence-electron chi connectivity index (χ1n) is 8.20. The van der Waals surface area contributed by atoms with Crippen molar-refractivity contribution in [2.45, 2.75) is 6.92 Å². The van der Waals surface area contributed by atoms with Gasteiger partial charge in [0.25, 0.3) is 16.8 Å². The van der Waals surface area contributed by atoms with Crippen molar-refractivity contribution >= 4 is 46.3 Å². The maximum Gasteiger partial charge on any atom is 0.294 e. The zero-order chi connectivity index (χ0) is 20.3. The Kier molecular flexibility index (Phi) is 5.55. The summed E-state index contributed by atoms with van der Waals surface area (Å²) in [5.74, 6) is -1.28. The molecule has 1 aliphatic rings. The molecule has 0 aliphatic carbocycles. The normalized spacial score (nSPS) is 15.2. The van der Waals surface area contributed by atoms with Crippen molar-refractivity contribution < 1.29 is 19.3 Å². The van der Waals surface area contributed by atoms with Crippen LogP contribution in [-0.2, 0) is 9.59 Å². The minimum absolute atomic E-state index is 0.000307. The number of nitro benzene ring substituents is 1. The van der Waals surface area contributed by atoms with Crippen molar-refractivity contribution in [2.75, 3.05) is 11.9 Å². The van der Waals surface area contributed by atoms with E-state index >= 15 is 0 Å². The van der Waals surface area contributed by atoms with Crippen molar-refractivity contribution in [3.8, 4) is 0 Å². The van der Waals surface area contributed by atoms with Gasteiger partial charge in [-0.25, -0.2) is 0 Å². The number of rotatable bonds is 5. The lowest BCUT2D eigenvalue weighted by Crippen LogP contribution is -2.36. The molecule has 0 saturated carbocycles. The van der Waals surface area contributed by atoms with E-state index in [4.69, 9.17) is 0 Å². The van der Waals surface area contributed by atoms with Crippen LogP contribution in [0.3, 0.4) is 0 Å². The van der Waals surface area contributed by atoms with Crippen molar-refractivity contribution in [3.63, 3.8) is 0 Å². The lowest BCUT2D eigenvalue weighted by Gasteiger charge is -2.12. The molecule has 0 aromatic heterocycles. The molecule has 9 heteroatoms. The molecule has 0 unspecified atom stereocenters. The van der Waals surface area contributed by atoms with E-state index in [1.165, 1.54) is 24.3 Å². The van der Waals surface area contributed by atoms with Gasteiger partial charge in [0.2, 0.25) is 5.91 Å². The molecule has 142 valence electrons. The highest BCUT2D eigenvalue weighted by atomic mass is 32.2. The Hall–Kier alpha value is -3.46. The average Bonchev–Trinajstić information content (AvgIpc) is 2.91. The molecule has 1 heterocycles. The van der Waals surface area contributed by atoms with Gasteiger partial charge in [-0.2, -0.15) is 0 Å². The fourth-order valence-electron chi connectivity index (χ4n) is 2.52. The van der Waals surface area contributed by atoms with Crippen LogP contribution in [0, 0.1) is 17.0 Å². The fraction of sp³-hybridized carbons (Fsp3) is 0.105. The summed E-state index contributed by atoms with van der Waals surface area (Å²) in [6, 6.07) is 13.1. The first-order valence-corrected chi connectivity index (χ1v) is 9.02. The Morgan fingerprint density at radius 2 is 1.86 bits per heavy atom. The second-order valence-electron chi connectivity index (χ2n) is 6.00. The van der Waals surface area contributed by atoms with E-state index in [0.29, 0.717) is 0 Å². The number of hydrogen-bond acceptors (Lipinski definition) is 6. The van der Waals surface area contributed by atoms with Gasteiger partial charge in [0.05, 0.1) is 9.83 Å². The maximum absolute atomic E-state index is 12.5. The van der Waals surface area contributed by atoms with Gasteiger partial charge in [-0.15, -0.1) is 0 Å². The molecule has 8 nitrogen and oxygen atoms in total. The van der Waals surface area contributed by atoms with Crippen LogP contribution in [0.4, 0.5) is 16.2 Å². The minimum atomic E-state index is -0.701. The highest BCUT2D eigenvalue weighted by Gasteiger charge is 2.36.